The zero-order valence-electron chi connectivity index (χ0n) is 16.6. The highest BCUT2D eigenvalue weighted by atomic mass is 16.2. The first kappa shape index (κ1) is 18.7. The van der Waals surface area contributed by atoms with Crippen LogP contribution < -0.4 is 10.6 Å². The SMILES string of the molecule is CN(C)CC1Cc2ccccc2N(C(=O)C(N)Cc2c[nH]c3ccccc23)C1. The van der Waals surface area contributed by atoms with Gasteiger partial charge in [0.05, 0.1) is 6.04 Å². The van der Waals surface area contributed by atoms with Crippen LogP contribution in [-0.4, -0.2) is 49.0 Å². The van der Waals surface area contributed by atoms with Crippen LogP contribution in [0.5, 0.6) is 0 Å². The number of aromatic amines is 1. The van der Waals surface area contributed by atoms with Gasteiger partial charge in [-0.3, -0.25) is 4.79 Å². The maximum atomic E-state index is 13.3. The molecule has 0 bridgehead atoms. The van der Waals surface area contributed by atoms with E-state index < -0.39 is 6.04 Å². The molecule has 1 aliphatic rings. The molecule has 146 valence electrons. The Kier molecular flexibility index (Phi) is 5.20. The van der Waals surface area contributed by atoms with Crippen LogP contribution in [0.2, 0.25) is 0 Å². The lowest BCUT2D eigenvalue weighted by atomic mass is 9.91. The molecule has 3 N–H and O–H groups in total. The van der Waals surface area contributed by atoms with Crippen molar-refractivity contribution in [1.29, 1.82) is 0 Å². The van der Waals surface area contributed by atoms with Crippen LogP contribution in [0, 0.1) is 5.92 Å². The second-order valence-corrected chi connectivity index (χ2v) is 8.08. The maximum absolute atomic E-state index is 13.3. The normalized spacial score (nSPS) is 17.7. The third-order valence-corrected chi connectivity index (χ3v) is 5.55. The molecule has 1 aromatic heterocycles. The molecule has 4 rings (SSSR count). The summed E-state index contributed by atoms with van der Waals surface area (Å²) in [7, 11) is 4.16. The minimum Gasteiger partial charge on any atom is -0.361 e. The van der Waals surface area contributed by atoms with Crippen molar-refractivity contribution in [2.24, 2.45) is 11.7 Å². The number of nitrogens with zero attached hydrogens (tertiary/aromatic N) is 2. The third-order valence-electron chi connectivity index (χ3n) is 5.55. The number of hydrogen-bond donors (Lipinski definition) is 2. The second-order valence-electron chi connectivity index (χ2n) is 8.08. The summed E-state index contributed by atoms with van der Waals surface area (Å²) in [4.78, 5) is 20.7. The van der Waals surface area contributed by atoms with Crippen LogP contribution in [-0.2, 0) is 17.6 Å². The minimum absolute atomic E-state index is 0.00110. The van der Waals surface area contributed by atoms with Gasteiger partial charge >= 0.3 is 0 Å². The monoisotopic (exact) mass is 376 g/mol. The molecule has 1 aliphatic heterocycles. The van der Waals surface area contributed by atoms with Crippen molar-refractivity contribution in [2.75, 3.05) is 32.1 Å². The second kappa shape index (κ2) is 7.78. The van der Waals surface area contributed by atoms with Crippen LogP contribution in [0.15, 0.2) is 54.7 Å². The molecule has 0 radical (unpaired) electrons. The first-order valence-electron chi connectivity index (χ1n) is 9.87. The lowest BCUT2D eigenvalue weighted by Crippen LogP contribution is -2.50. The minimum atomic E-state index is -0.564. The summed E-state index contributed by atoms with van der Waals surface area (Å²) < 4.78 is 0. The average molecular weight is 377 g/mol. The molecule has 5 heteroatoms. The zero-order chi connectivity index (χ0) is 19.7. The molecule has 0 fully saturated rings. The van der Waals surface area contributed by atoms with E-state index in [1.807, 2.05) is 47.5 Å². The number of carbonyl (C=O) groups excluding carboxylic acids is 1. The van der Waals surface area contributed by atoms with Gasteiger partial charge in [0, 0.05) is 35.9 Å². The van der Waals surface area contributed by atoms with E-state index in [4.69, 9.17) is 5.73 Å². The van der Waals surface area contributed by atoms with Gasteiger partial charge in [0.25, 0.3) is 0 Å². The zero-order valence-corrected chi connectivity index (χ0v) is 16.6. The van der Waals surface area contributed by atoms with E-state index in [1.165, 1.54) is 5.56 Å². The van der Waals surface area contributed by atoms with Gasteiger partial charge in [-0.2, -0.15) is 0 Å². The molecule has 2 atom stereocenters. The number of H-pyrrole nitrogens is 1. The summed E-state index contributed by atoms with van der Waals surface area (Å²) in [5, 5.41) is 1.13. The number of fused-ring (bicyclic) bond motifs is 2. The summed E-state index contributed by atoms with van der Waals surface area (Å²) >= 11 is 0. The molecule has 0 aliphatic carbocycles. The van der Waals surface area contributed by atoms with E-state index in [-0.39, 0.29) is 5.91 Å². The number of hydrogen-bond acceptors (Lipinski definition) is 3. The van der Waals surface area contributed by atoms with Gasteiger partial charge in [-0.15, -0.1) is 0 Å². The number of benzene rings is 2. The van der Waals surface area contributed by atoms with Crippen LogP contribution in [0.3, 0.4) is 0 Å². The fraction of sp³-hybridized carbons (Fsp3) is 0.348. The van der Waals surface area contributed by atoms with Crippen molar-refractivity contribution >= 4 is 22.5 Å². The van der Waals surface area contributed by atoms with E-state index >= 15 is 0 Å². The number of nitrogens with two attached hydrogens (primary N) is 1. The van der Waals surface area contributed by atoms with Crippen molar-refractivity contribution in [3.05, 3.63) is 65.9 Å². The van der Waals surface area contributed by atoms with Crippen molar-refractivity contribution in [2.45, 2.75) is 18.9 Å². The summed E-state index contributed by atoms with van der Waals surface area (Å²) in [5.74, 6) is 0.412. The molecule has 2 unspecified atom stereocenters. The number of para-hydroxylation sites is 2. The Morgan fingerprint density at radius 2 is 1.96 bits per heavy atom. The highest BCUT2D eigenvalue weighted by molar-refractivity contribution is 5.98. The molecule has 0 spiro atoms. The highest BCUT2D eigenvalue weighted by Crippen LogP contribution is 2.30. The van der Waals surface area contributed by atoms with Gasteiger partial charge in [-0.25, -0.2) is 0 Å². The number of rotatable bonds is 5. The third kappa shape index (κ3) is 3.68. The number of nitrogens with one attached hydrogen (secondary N) is 1. The molecular formula is C23H28N4O. The Balaban J connectivity index is 1.57. The van der Waals surface area contributed by atoms with E-state index in [0.29, 0.717) is 12.3 Å². The van der Waals surface area contributed by atoms with Crippen LogP contribution in [0.25, 0.3) is 10.9 Å². The van der Waals surface area contributed by atoms with E-state index in [9.17, 15) is 4.79 Å². The van der Waals surface area contributed by atoms with E-state index in [0.717, 1.165) is 41.7 Å². The van der Waals surface area contributed by atoms with Crippen LogP contribution in [0.4, 0.5) is 5.69 Å². The smallest absolute Gasteiger partial charge is 0.244 e. The van der Waals surface area contributed by atoms with Crippen molar-refractivity contribution < 1.29 is 4.79 Å². The molecule has 2 heterocycles. The fourth-order valence-electron chi connectivity index (χ4n) is 4.35. The summed E-state index contributed by atoms with van der Waals surface area (Å²) in [6, 6.07) is 15.8. The van der Waals surface area contributed by atoms with Crippen molar-refractivity contribution in [1.82, 2.24) is 9.88 Å². The van der Waals surface area contributed by atoms with Gasteiger partial charge in [0.1, 0.15) is 0 Å². The van der Waals surface area contributed by atoms with E-state index in [2.05, 4.69) is 36.1 Å². The number of anilines is 1. The first-order valence-corrected chi connectivity index (χ1v) is 9.87. The summed E-state index contributed by atoms with van der Waals surface area (Å²) in [6.45, 7) is 1.67. The number of carbonyl (C=O) groups is 1. The van der Waals surface area contributed by atoms with Gasteiger partial charge < -0.3 is 20.5 Å². The van der Waals surface area contributed by atoms with Crippen LogP contribution in [0.1, 0.15) is 11.1 Å². The van der Waals surface area contributed by atoms with Gasteiger partial charge in [0.15, 0.2) is 0 Å². The molecule has 28 heavy (non-hydrogen) atoms. The average Bonchev–Trinajstić information content (AvgIpc) is 3.09. The highest BCUT2D eigenvalue weighted by Gasteiger charge is 2.31. The quantitative estimate of drug-likeness (QED) is 0.720. The van der Waals surface area contributed by atoms with Gasteiger partial charge in [0.2, 0.25) is 5.91 Å². The fourth-order valence-corrected chi connectivity index (χ4v) is 4.35. The maximum Gasteiger partial charge on any atom is 0.244 e. The lowest BCUT2D eigenvalue weighted by molar-refractivity contribution is -0.120. The molecule has 0 saturated heterocycles. The molecular weight excluding hydrogens is 348 g/mol. The Morgan fingerprint density at radius 3 is 2.79 bits per heavy atom. The number of aromatic nitrogens is 1. The van der Waals surface area contributed by atoms with Gasteiger partial charge in [-0.1, -0.05) is 36.4 Å². The number of amides is 1. The molecule has 1 amide bonds. The summed E-state index contributed by atoms with van der Waals surface area (Å²) in [5.41, 5.74) is 10.8. The Hall–Kier alpha value is -2.63. The Labute approximate surface area is 166 Å². The van der Waals surface area contributed by atoms with Crippen LogP contribution >= 0.6 is 0 Å². The van der Waals surface area contributed by atoms with Crippen molar-refractivity contribution in [3.8, 4) is 0 Å². The summed E-state index contributed by atoms with van der Waals surface area (Å²) in [6.07, 6.45) is 3.49. The first-order chi connectivity index (χ1) is 13.5. The van der Waals surface area contributed by atoms with Gasteiger partial charge in [-0.05, 0) is 56.1 Å². The predicted octanol–water partition coefficient (Wildman–Crippen LogP) is 2.80. The molecule has 3 aromatic rings. The van der Waals surface area contributed by atoms with E-state index in [1.54, 1.807) is 0 Å². The Bertz CT molecular complexity index is 977. The largest absolute Gasteiger partial charge is 0.361 e. The molecule has 0 saturated carbocycles. The Morgan fingerprint density at radius 1 is 1.21 bits per heavy atom. The molecule has 5 nitrogen and oxygen atoms in total. The lowest BCUT2D eigenvalue weighted by Gasteiger charge is -2.37. The van der Waals surface area contributed by atoms with Crippen molar-refractivity contribution in [3.63, 3.8) is 0 Å². The predicted molar refractivity (Wildman–Crippen MR) is 115 cm³/mol. The standard InChI is InChI=1S/C23H28N4O/c1-26(2)14-16-11-17-7-3-6-10-22(17)27(15-16)23(28)20(24)12-18-13-25-21-9-5-4-8-19(18)21/h3-10,13,16,20,25H,11-12,14-15,24H2,1-2H3. The topological polar surface area (TPSA) is 65.4 Å². The molecule has 2 aromatic carbocycles.